The number of sulfonamides is 1. The van der Waals surface area contributed by atoms with Gasteiger partial charge in [-0.15, -0.1) is 0 Å². The predicted molar refractivity (Wildman–Crippen MR) is 124 cm³/mol. The summed E-state index contributed by atoms with van der Waals surface area (Å²) in [6.45, 7) is 5.09. The predicted octanol–water partition coefficient (Wildman–Crippen LogP) is 4.37. The third kappa shape index (κ3) is 7.78. The van der Waals surface area contributed by atoms with Crippen molar-refractivity contribution in [2.24, 2.45) is 0 Å². The van der Waals surface area contributed by atoms with Crippen LogP contribution < -0.4 is 4.72 Å². The normalized spacial score (nSPS) is 12.5. The highest BCUT2D eigenvalue weighted by molar-refractivity contribution is 7.93. The Bertz CT molecular complexity index is 1070. The van der Waals surface area contributed by atoms with Crippen LogP contribution in [0.1, 0.15) is 52.0 Å². The van der Waals surface area contributed by atoms with Crippen LogP contribution >= 0.6 is 0 Å². The molecule has 0 aliphatic heterocycles. The number of rotatable bonds is 11. The largest absolute Gasteiger partial charge is 0.299 e. The quantitative estimate of drug-likeness (QED) is 0.497. The van der Waals surface area contributed by atoms with E-state index in [1.54, 1.807) is 63.2 Å². The molecule has 0 fully saturated rings. The number of ketones is 1. The Labute approximate surface area is 186 Å². The number of unbranched alkanes of at least 4 members (excludes halogenated alkanes) is 2. The zero-order chi connectivity index (χ0) is 23.1. The summed E-state index contributed by atoms with van der Waals surface area (Å²) in [7, 11) is -6.76. The van der Waals surface area contributed by atoms with Gasteiger partial charge in [-0.25, -0.2) is 16.8 Å². The lowest BCUT2D eigenvalue weighted by atomic mass is 10.0. The maximum atomic E-state index is 12.3. The summed E-state index contributed by atoms with van der Waals surface area (Å²) in [5.74, 6) is 0.224. The summed E-state index contributed by atoms with van der Waals surface area (Å²) in [5.41, 5.74) is 1.24. The molecule has 0 radical (unpaired) electrons. The van der Waals surface area contributed by atoms with Crippen molar-refractivity contribution in [2.45, 2.75) is 62.5 Å². The average molecular weight is 466 g/mol. The van der Waals surface area contributed by atoms with Gasteiger partial charge in [0.15, 0.2) is 9.84 Å². The average Bonchev–Trinajstić information content (AvgIpc) is 2.69. The zero-order valence-corrected chi connectivity index (χ0v) is 19.9. The Morgan fingerprint density at radius 2 is 1.45 bits per heavy atom. The molecule has 1 N–H and O–H groups in total. The second-order valence-corrected chi connectivity index (χ2v) is 13.1. The Morgan fingerprint density at radius 1 is 0.839 bits per heavy atom. The minimum atomic E-state index is -3.65. The number of sulfone groups is 1. The van der Waals surface area contributed by atoms with Gasteiger partial charge in [-0.1, -0.05) is 36.8 Å². The van der Waals surface area contributed by atoms with Crippen LogP contribution in [0.2, 0.25) is 0 Å². The molecule has 0 aromatic heterocycles. The third-order valence-corrected chi connectivity index (χ3v) is 9.05. The Kier molecular flexibility index (Phi) is 8.42. The van der Waals surface area contributed by atoms with Crippen LogP contribution in [0.5, 0.6) is 0 Å². The second kappa shape index (κ2) is 10.4. The molecule has 0 atom stereocenters. The number of Topliss-reactive ketones (excluding diaryl/α,β-unsaturated/α-hetero) is 1. The number of carbonyl (C=O) groups is 1. The molecule has 0 aliphatic carbocycles. The number of hydrogen-bond donors (Lipinski definition) is 1. The highest BCUT2D eigenvalue weighted by atomic mass is 32.2. The molecule has 0 saturated heterocycles. The smallest absolute Gasteiger partial charge is 0.261 e. The van der Waals surface area contributed by atoms with Crippen LogP contribution in [-0.4, -0.2) is 33.1 Å². The van der Waals surface area contributed by atoms with Gasteiger partial charge in [0.05, 0.1) is 15.4 Å². The summed E-state index contributed by atoms with van der Waals surface area (Å²) in [6, 6.07) is 14.9. The lowest BCUT2D eigenvalue weighted by Crippen LogP contribution is -2.30. The van der Waals surface area contributed by atoms with E-state index in [0.717, 1.165) is 5.56 Å². The van der Waals surface area contributed by atoms with Crippen LogP contribution in [0.3, 0.4) is 0 Å². The molecule has 0 heterocycles. The van der Waals surface area contributed by atoms with E-state index in [0.29, 0.717) is 31.4 Å². The fourth-order valence-electron chi connectivity index (χ4n) is 2.92. The number of anilines is 1. The highest BCUT2D eigenvalue weighted by Crippen LogP contribution is 2.19. The van der Waals surface area contributed by atoms with Crippen LogP contribution in [0.25, 0.3) is 0 Å². The van der Waals surface area contributed by atoms with Crippen molar-refractivity contribution in [3.05, 3.63) is 60.2 Å². The minimum Gasteiger partial charge on any atom is -0.299 e. The van der Waals surface area contributed by atoms with Crippen molar-refractivity contribution in [3.63, 3.8) is 0 Å². The number of carbonyl (C=O) groups excluding carboxylic acids is 1. The van der Waals surface area contributed by atoms with E-state index in [4.69, 9.17) is 0 Å². The number of nitrogens with one attached hydrogen (secondary N) is 1. The molecular formula is C23H31NO5S2. The van der Waals surface area contributed by atoms with Crippen molar-refractivity contribution in [3.8, 4) is 0 Å². The summed E-state index contributed by atoms with van der Waals surface area (Å²) in [6.07, 6.45) is 2.59. The maximum Gasteiger partial charge on any atom is 0.261 e. The molecule has 0 saturated carbocycles. The van der Waals surface area contributed by atoms with Crippen molar-refractivity contribution < 1.29 is 21.6 Å². The fraction of sp³-hybridized carbons (Fsp3) is 0.435. The van der Waals surface area contributed by atoms with Gasteiger partial charge in [-0.3, -0.25) is 9.52 Å². The van der Waals surface area contributed by atoms with Gasteiger partial charge < -0.3 is 0 Å². The van der Waals surface area contributed by atoms with Crippen LogP contribution in [0.15, 0.2) is 59.5 Å². The molecule has 0 amide bonds. The fourth-order valence-corrected chi connectivity index (χ4v) is 5.19. The monoisotopic (exact) mass is 465 g/mol. The van der Waals surface area contributed by atoms with Gasteiger partial charge in [0, 0.05) is 18.5 Å². The standard InChI is InChI=1S/C23H31NO5S2/c1-23(2,3)30(26,27)17-9-5-6-10-21(25)18-19-13-15-20(16-14-19)24-31(28,29)22-11-7-4-8-12-22/h4,7-8,11-16,24H,5-6,9-10,17-18H2,1-3H3. The molecule has 170 valence electrons. The molecule has 0 spiro atoms. The third-order valence-electron chi connectivity index (χ3n) is 4.96. The number of benzene rings is 2. The summed E-state index contributed by atoms with van der Waals surface area (Å²) in [5, 5.41) is 0. The van der Waals surface area contributed by atoms with Crippen LogP contribution in [0, 0.1) is 0 Å². The molecule has 6 nitrogen and oxygen atoms in total. The molecular weight excluding hydrogens is 434 g/mol. The van der Waals surface area contributed by atoms with E-state index in [-0.39, 0.29) is 22.9 Å². The molecule has 2 aromatic carbocycles. The van der Waals surface area contributed by atoms with Gasteiger partial charge in [0.1, 0.15) is 5.78 Å². The van der Waals surface area contributed by atoms with E-state index >= 15 is 0 Å². The molecule has 8 heteroatoms. The summed E-state index contributed by atoms with van der Waals surface area (Å²) in [4.78, 5) is 12.4. The lowest BCUT2D eigenvalue weighted by Gasteiger charge is -2.18. The SMILES string of the molecule is CC(C)(C)S(=O)(=O)CCCCCC(=O)Cc1ccc(NS(=O)(=O)c2ccccc2)cc1. The first kappa shape index (κ1) is 25.1. The molecule has 0 aliphatic rings. The van der Waals surface area contributed by atoms with Crippen molar-refractivity contribution >= 4 is 31.3 Å². The molecule has 2 rings (SSSR count). The summed E-state index contributed by atoms with van der Waals surface area (Å²) < 4.78 is 50.6. The lowest BCUT2D eigenvalue weighted by molar-refractivity contribution is -0.118. The van der Waals surface area contributed by atoms with Gasteiger partial charge in [-0.2, -0.15) is 0 Å². The molecule has 0 unspecified atom stereocenters. The topological polar surface area (TPSA) is 97.4 Å². The maximum absolute atomic E-state index is 12.3. The summed E-state index contributed by atoms with van der Waals surface area (Å²) >= 11 is 0. The molecule has 2 aromatic rings. The van der Waals surface area contributed by atoms with Crippen LogP contribution in [0.4, 0.5) is 5.69 Å². The van der Waals surface area contributed by atoms with Crippen LogP contribution in [-0.2, 0) is 31.1 Å². The van der Waals surface area contributed by atoms with Crippen molar-refractivity contribution in [1.29, 1.82) is 0 Å². The van der Waals surface area contributed by atoms with E-state index in [2.05, 4.69) is 4.72 Å². The van der Waals surface area contributed by atoms with Gasteiger partial charge in [0.2, 0.25) is 0 Å². The Hall–Kier alpha value is -2.19. The molecule has 31 heavy (non-hydrogen) atoms. The Morgan fingerprint density at radius 3 is 2.03 bits per heavy atom. The van der Waals surface area contributed by atoms with Crippen molar-refractivity contribution in [1.82, 2.24) is 0 Å². The first-order valence-electron chi connectivity index (χ1n) is 10.3. The van der Waals surface area contributed by atoms with E-state index in [1.807, 2.05) is 0 Å². The van der Waals surface area contributed by atoms with Gasteiger partial charge in [0.25, 0.3) is 10.0 Å². The van der Waals surface area contributed by atoms with E-state index < -0.39 is 24.6 Å². The molecule has 0 bridgehead atoms. The van der Waals surface area contributed by atoms with Crippen molar-refractivity contribution in [2.75, 3.05) is 10.5 Å². The van der Waals surface area contributed by atoms with Gasteiger partial charge in [-0.05, 0) is 63.4 Å². The Balaban J connectivity index is 1.78. The van der Waals surface area contributed by atoms with E-state index in [9.17, 15) is 21.6 Å². The first-order valence-corrected chi connectivity index (χ1v) is 13.4. The zero-order valence-electron chi connectivity index (χ0n) is 18.3. The van der Waals surface area contributed by atoms with E-state index in [1.165, 1.54) is 12.1 Å². The highest BCUT2D eigenvalue weighted by Gasteiger charge is 2.27. The first-order chi connectivity index (χ1) is 14.4. The van der Waals surface area contributed by atoms with Gasteiger partial charge >= 0.3 is 0 Å². The second-order valence-electron chi connectivity index (χ2n) is 8.57. The minimum absolute atomic E-state index is 0.0799. The number of hydrogen-bond acceptors (Lipinski definition) is 5.